The summed E-state index contributed by atoms with van der Waals surface area (Å²) in [5, 5.41) is 1.21. The lowest BCUT2D eigenvalue weighted by Gasteiger charge is -2.40. The Morgan fingerprint density at radius 3 is 2.33 bits per heavy atom. The summed E-state index contributed by atoms with van der Waals surface area (Å²) >= 11 is 3.82. The van der Waals surface area contributed by atoms with Gasteiger partial charge in [0, 0.05) is 17.9 Å². The maximum absolute atomic E-state index is 3.82. The Labute approximate surface area is 122 Å². The van der Waals surface area contributed by atoms with Gasteiger partial charge in [0.25, 0.3) is 0 Å². The molecule has 2 saturated carbocycles. The summed E-state index contributed by atoms with van der Waals surface area (Å²) in [5.41, 5.74) is 0.595. The van der Waals surface area contributed by atoms with E-state index in [1.165, 1.54) is 69.8 Å². The van der Waals surface area contributed by atoms with E-state index < -0.39 is 0 Å². The van der Waals surface area contributed by atoms with Crippen molar-refractivity contribution in [2.75, 3.05) is 18.4 Å². The van der Waals surface area contributed by atoms with Crippen molar-refractivity contribution in [1.82, 2.24) is 4.90 Å². The highest BCUT2D eigenvalue weighted by Crippen LogP contribution is 2.41. The third-order valence-corrected chi connectivity index (χ3v) is 5.98. The fourth-order valence-electron chi connectivity index (χ4n) is 3.32. The zero-order valence-electron chi connectivity index (χ0n) is 12.3. The number of alkyl halides is 1. The second-order valence-corrected chi connectivity index (χ2v) is 7.64. The molecule has 2 heteroatoms. The average Bonchev–Trinajstić information content (AvgIpc) is 3.20. The molecular formula is C16H30BrN. The summed E-state index contributed by atoms with van der Waals surface area (Å²) in [6, 6.07) is 0.932. The molecule has 0 saturated heterocycles. The van der Waals surface area contributed by atoms with E-state index in [9.17, 15) is 0 Å². The highest BCUT2D eigenvalue weighted by molar-refractivity contribution is 9.09. The average molecular weight is 316 g/mol. The monoisotopic (exact) mass is 315 g/mol. The lowest BCUT2D eigenvalue weighted by atomic mass is 9.75. The topological polar surface area (TPSA) is 3.24 Å². The number of hydrogen-bond donors (Lipinski definition) is 0. The Hall–Kier alpha value is 0.440. The van der Waals surface area contributed by atoms with Gasteiger partial charge in [-0.3, -0.25) is 4.90 Å². The van der Waals surface area contributed by atoms with Gasteiger partial charge in [0.05, 0.1) is 0 Å². The number of hydrogen-bond acceptors (Lipinski definition) is 1. The summed E-state index contributed by atoms with van der Waals surface area (Å²) in [7, 11) is 0. The van der Waals surface area contributed by atoms with Gasteiger partial charge in [-0.25, -0.2) is 0 Å². The first-order chi connectivity index (χ1) is 8.65. The maximum Gasteiger partial charge on any atom is 0.0100 e. The van der Waals surface area contributed by atoms with Crippen molar-refractivity contribution in [1.29, 1.82) is 0 Å². The van der Waals surface area contributed by atoms with E-state index in [1.807, 2.05) is 0 Å². The molecule has 0 atom stereocenters. The molecule has 18 heavy (non-hydrogen) atoms. The summed E-state index contributed by atoms with van der Waals surface area (Å²) in [4.78, 5) is 2.83. The minimum absolute atomic E-state index is 0.595. The Morgan fingerprint density at radius 2 is 1.83 bits per heavy atom. The standard InChI is InChI=1S/C16H30BrN/c1-14(2)8-11-18(15-6-7-15)13-16(12-17)9-4-3-5-10-16/h14-15H,3-13H2,1-2H3. The molecule has 0 unspecified atom stereocenters. The molecule has 1 nitrogen and oxygen atoms in total. The first-order valence-corrected chi connectivity index (χ1v) is 9.07. The molecule has 0 aromatic rings. The SMILES string of the molecule is CC(C)CCN(CC1(CBr)CCCCC1)C1CC1. The van der Waals surface area contributed by atoms with Crippen molar-refractivity contribution in [3.05, 3.63) is 0 Å². The van der Waals surface area contributed by atoms with Crippen molar-refractivity contribution in [2.45, 2.75) is 71.3 Å². The van der Waals surface area contributed by atoms with E-state index >= 15 is 0 Å². The van der Waals surface area contributed by atoms with Crippen LogP contribution >= 0.6 is 15.9 Å². The van der Waals surface area contributed by atoms with Gasteiger partial charge in [0.2, 0.25) is 0 Å². The van der Waals surface area contributed by atoms with Crippen molar-refractivity contribution >= 4 is 15.9 Å². The second kappa shape index (κ2) is 6.74. The van der Waals surface area contributed by atoms with Crippen molar-refractivity contribution in [3.63, 3.8) is 0 Å². The number of halogens is 1. The molecule has 0 amide bonds. The molecule has 2 aliphatic carbocycles. The zero-order valence-corrected chi connectivity index (χ0v) is 13.8. The van der Waals surface area contributed by atoms with Gasteiger partial charge in [-0.05, 0) is 50.0 Å². The molecule has 0 heterocycles. The van der Waals surface area contributed by atoms with Gasteiger partial charge >= 0.3 is 0 Å². The van der Waals surface area contributed by atoms with Gasteiger partial charge in [0.1, 0.15) is 0 Å². The fraction of sp³-hybridized carbons (Fsp3) is 1.00. The normalized spacial score (nSPS) is 23.8. The molecular weight excluding hydrogens is 286 g/mol. The van der Waals surface area contributed by atoms with E-state index in [4.69, 9.17) is 0 Å². The highest BCUT2D eigenvalue weighted by atomic mass is 79.9. The molecule has 2 aliphatic rings. The van der Waals surface area contributed by atoms with Crippen molar-refractivity contribution in [2.24, 2.45) is 11.3 Å². The van der Waals surface area contributed by atoms with Crippen LogP contribution in [0.3, 0.4) is 0 Å². The summed E-state index contributed by atoms with van der Waals surface area (Å²) < 4.78 is 0. The van der Waals surface area contributed by atoms with Gasteiger partial charge in [-0.2, -0.15) is 0 Å². The number of rotatable bonds is 7. The molecule has 0 radical (unpaired) electrons. The molecule has 0 aromatic heterocycles. The lowest BCUT2D eigenvalue weighted by Crippen LogP contribution is -2.42. The van der Waals surface area contributed by atoms with E-state index in [2.05, 4.69) is 34.7 Å². The van der Waals surface area contributed by atoms with Crippen LogP contribution in [-0.4, -0.2) is 29.4 Å². The maximum atomic E-state index is 3.82. The molecule has 0 spiro atoms. The van der Waals surface area contributed by atoms with E-state index in [0.29, 0.717) is 5.41 Å². The minimum atomic E-state index is 0.595. The molecule has 2 rings (SSSR count). The smallest absolute Gasteiger partial charge is 0.0100 e. The predicted octanol–water partition coefficient (Wildman–Crippen LogP) is 4.84. The highest BCUT2D eigenvalue weighted by Gasteiger charge is 2.37. The quantitative estimate of drug-likeness (QED) is 0.607. The minimum Gasteiger partial charge on any atom is -0.300 e. The first-order valence-electron chi connectivity index (χ1n) is 7.95. The molecule has 2 fully saturated rings. The van der Waals surface area contributed by atoms with Crippen LogP contribution in [0.4, 0.5) is 0 Å². The van der Waals surface area contributed by atoms with Gasteiger partial charge in [-0.1, -0.05) is 49.0 Å². The van der Waals surface area contributed by atoms with E-state index in [1.54, 1.807) is 0 Å². The summed E-state index contributed by atoms with van der Waals surface area (Å²) in [6.45, 7) is 7.39. The van der Waals surface area contributed by atoms with Crippen LogP contribution in [0.15, 0.2) is 0 Å². The van der Waals surface area contributed by atoms with Crippen LogP contribution in [0, 0.1) is 11.3 Å². The third kappa shape index (κ3) is 4.23. The van der Waals surface area contributed by atoms with Crippen LogP contribution in [0.25, 0.3) is 0 Å². The molecule has 0 N–H and O–H groups in total. The fourth-order valence-corrected chi connectivity index (χ4v) is 4.06. The largest absolute Gasteiger partial charge is 0.300 e. The van der Waals surface area contributed by atoms with Crippen molar-refractivity contribution < 1.29 is 0 Å². The molecule has 106 valence electrons. The molecule has 0 bridgehead atoms. The van der Waals surface area contributed by atoms with Crippen LogP contribution in [0.5, 0.6) is 0 Å². The Balaban J connectivity index is 1.89. The Morgan fingerprint density at radius 1 is 1.17 bits per heavy atom. The van der Waals surface area contributed by atoms with Gasteiger partial charge < -0.3 is 0 Å². The van der Waals surface area contributed by atoms with Gasteiger partial charge in [-0.15, -0.1) is 0 Å². The van der Waals surface area contributed by atoms with Crippen LogP contribution < -0.4 is 0 Å². The van der Waals surface area contributed by atoms with Crippen LogP contribution in [0.1, 0.15) is 65.2 Å². The van der Waals surface area contributed by atoms with E-state index in [-0.39, 0.29) is 0 Å². The molecule has 0 aromatic carbocycles. The van der Waals surface area contributed by atoms with E-state index in [0.717, 1.165) is 12.0 Å². The Kier molecular flexibility index (Phi) is 5.56. The predicted molar refractivity (Wildman–Crippen MR) is 83.4 cm³/mol. The zero-order chi connectivity index (χ0) is 13.0. The van der Waals surface area contributed by atoms with Crippen LogP contribution in [-0.2, 0) is 0 Å². The third-order valence-electron chi connectivity index (χ3n) is 4.79. The lowest BCUT2D eigenvalue weighted by molar-refractivity contribution is 0.117. The van der Waals surface area contributed by atoms with Gasteiger partial charge in [0.15, 0.2) is 0 Å². The second-order valence-electron chi connectivity index (χ2n) is 7.08. The van der Waals surface area contributed by atoms with Crippen LogP contribution in [0.2, 0.25) is 0 Å². The number of nitrogens with zero attached hydrogens (tertiary/aromatic N) is 1. The molecule has 0 aliphatic heterocycles. The van der Waals surface area contributed by atoms with Crippen molar-refractivity contribution in [3.8, 4) is 0 Å². The Bertz CT molecular complexity index is 241. The first kappa shape index (κ1) is 14.8. The summed E-state index contributed by atoms with van der Waals surface area (Å²) in [6.07, 6.45) is 11.5. The summed E-state index contributed by atoms with van der Waals surface area (Å²) in [5.74, 6) is 0.845.